The second-order valence-electron chi connectivity index (χ2n) is 0.983. The van der Waals surface area contributed by atoms with Gasteiger partial charge in [0.05, 0.1) is 0 Å². The minimum atomic E-state index is -1.08. The van der Waals surface area contributed by atoms with E-state index in [0.717, 1.165) is 13.8 Å². The van der Waals surface area contributed by atoms with Crippen LogP contribution in [0.4, 0.5) is 0 Å². The molecule has 0 aliphatic heterocycles. The van der Waals surface area contributed by atoms with Gasteiger partial charge in [-0.3, -0.25) is 0 Å². The molecule has 0 rings (SSSR count). The number of carbonyl (C=O) groups is 2. The van der Waals surface area contributed by atoms with Crippen LogP contribution in [0, 0.1) is 0 Å². The first-order chi connectivity index (χ1) is 3.46. The maximum absolute atomic E-state index is 8.89. The van der Waals surface area contributed by atoms with Gasteiger partial charge < -0.3 is 19.8 Å². The van der Waals surface area contributed by atoms with Crippen molar-refractivity contribution in [1.29, 1.82) is 0 Å². The summed E-state index contributed by atoms with van der Waals surface area (Å²) in [5.74, 6) is -2.17. The predicted molar refractivity (Wildman–Crippen MR) is 21.4 cm³/mol. The average Bonchev–Trinajstić information content (AvgIpc) is 1.25. The zero-order valence-corrected chi connectivity index (χ0v) is 8.94. The maximum Gasteiger partial charge on any atom is 2.00 e. The second kappa shape index (κ2) is 16.2. The number of carboxylic acids is 2. The van der Waals surface area contributed by atoms with Crippen LogP contribution in [0.25, 0.3) is 0 Å². The molecule has 6 heteroatoms. The fraction of sp³-hybridized carbons (Fsp3) is 0.500. The van der Waals surface area contributed by atoms with E-state index in [1.165, 1.54) is 0 Å². The quantitative estimate of drug-likeness (QED) is 0.365. The van der Waals surface area contributed by atoms with Crippen molar-refractivity contribution in [2.24, 2.45) is 0 Å². The molecule has 0 aliphatic rings. The Bertz CT molecular complexity index is 75.3. The van der Waals surface area contributed by atoms with Crippen molar-refractivity contribution in [1.82, 2.24) is 0 Å². The molecule has 0 atom stereocenters. The molecule has 0 aromatic carbocycles. The van der Waals surface area contributed by atoms with Crippen LogP contribution in [0.1, 0.15) is 13.8 Å². The van der Waals surface area contributed by atoms with Gasteiger partial charge in [-0.15, -0.1) is 0 Å². The van der Waals surface area contributed by atoms with Crippen LogP contribution in [0.5, 0.6) is 0 Å². The normalized spacial score (nSPS) is 5.00. The summed E-state index contributed by atoms with van der Waals surface area (Å²) in [4.78, 5) is 17.8. The second-order valence-corrected chi connectivity index (χ2v) is 0.983. The molecule has 10 heavy (non-hydrogen) atoms. The van der Waals surface area contributed by atoms with Crippen LogP contribution >= 0.6 is 0 Å². The average molecular weight is 200 g/mol. The summed E-state index contributed by atoms with van der Waals surface area (Å²) in [6.07, 6.45) is 0. The van der Waals surface area contributed by atoms with Gasteiger partial charge in [0.25, 0.3) is 0 Å². The molecule has 0 radical (unpaired) electrons. The summed E-state index contributed by atoms with van der Waals surface area (Å²) in [6, 6.07) is 0. The molecule has 0 heterocycles. The van der Waals surface area contributed by atoms with Crippen LogP contribution in [-0.4, -0.2) is 11.9 Å². The summed E-state index contributed by atoms with van der Waals surface area (Å²) < 4.78 is 0. The third-order valence-corrected chi connectivity index (χ3v) is 0. The van der Waals surface area contributed by atoms with Gasteiger partial charge in [-0.25, -0.2) is 0 Å². The number of hydrogen-bond donors (Lipinski definition) is 0. The molecule has 0 amide bonds. The van der Waals surface area contributed by atoms with Gasteiger partial charge in [0.1, 0.15) is 0 Å². The molecule has 0 saturated carbocycles. The van der Waals surface area contributed by atoms with Crippen LogP contribution in [0.15, 0.2) is 0 Å². The Balaban J connectivity index is -0.0000000300. The summed E-state index contributed by atoms with van der Waals surface area (Å²) in [7, 11) is 0. The predicted octanol–water partition coefficient (Wildman–Crippen LogP) is -5.49. The smallest absolute Gasteiger partial charge is 0.550 e. The van der Waals surface area contributed by atoms with E-state index in [-0.39, 0.29) is 46.0 Å². The van der Waals surface area contributed by atoms with Crippen molar-refractivity contribution in [2.75, 3.05) is 0 Å². The van der Waals surface area contributed by atoms with Crippen LogP contribution < -0.4 is 39.8 Å². The summed E-state index contributed by atoms with van der Waals surface area (Å²) in [5.41, 5.74) is 0. The molecule has 0 spiro atoms. The monoisotopic (exact) mass is 199 g/mol. The van der Waals surface area contributed by atoms with Crippen molar-refractivity contribution in [2.45, 2.75) is 13.8 Å². The van der Waals surface area contributed by atoms with E-state index in [0.29, 0.717) is 0 Å². The molecule has 0 bridgehead atoms. The molecule has 0 N–H and O–H groups in total. The third-order valence-electron chi connectivity index (χ3n) is 0. The Morgan fingerprint density at radius 2 is 1.00 bits per heavy atom. The van der Waals surface area contributed by atoms with E-state index < -0.39 is 11.9 Å². The molecule has 0 saturated heterocycles. The van der Waals surface area contributed by atoms with Gasteiger partial charge in [0.15, 0.2) is 0 Å². The minimum Gasteiger partial charge on any atom is -0.550 e. The Kier molecular flexibility index (Phi) is 36.4. The minimum absolute atomic E-state index is 0. The molecular weight excluding hydrogens is 194 g/mol. The molecule has 0 aliphatic carbocycles. The zero-order chi connectivity index (χ0) is 7.15. The van der Waals surface area contributed by atoms with Crippen molar-refractivity contribution in [3.63, 3.8) is 0 Å². The van der Waals surface area contributed by atoms with Crippen LogP contribution in [0.2, 0.25) is 0 Å². The van der Waals surface area contributed by atoms with Crippen molar-refractivity contribution >= 4 is 11.9 Å². The molecule has 0 aromatic rings. The third kappa shape index (κ3) is 2480. The summed E-state index contributed by atoms with van der Waals surface area (Å²) in [6.45, 7) is 1.94. The van der Waals surface area contributed by atoms with Gasteiger partial charge in [-0.05, 0) is 13.8 Å². The molecule has 0 unspecified atom stereocenters. The van der Waals surface area contributed by atoms with E-state index >= 15 is 0 Å². The number of rotatable bonds is 0. The molecular formula is C4H6NaNiO4+. The van der Waals surface area contributed by atoms with E-state index in [9.17, 15) is 0 Å². The molecule has 0 aromatic heterocycles. The van der Waals surface area contributed by atoms with Crippen LogP contribution in [0.3, 0.4) is 0 Å². The van der Waals surface area contributed by atoms with Gasteiger partial charge in [-0.1, -0.05) is 0 Å². The summed E-state index contributed by atoms with van der Waals surface area (Å²) >= 11 is 0. The fourth-order valence-electron chi connectivity index (χ4n) is 0. The van der Waals surface area contributed by atoms with Crippen molar-refractivity contribution in [3.8, 4) is 0 Å². The maximum atomic E-state index is 8.89. The van der Waals surface area contributed by atoms with Gasteiger partial charge in [0.2, 0.25) is 0 Å². The van der Waals surface area contributed by atoms with E-state index in [4.69, 9.17) is 19.8 Å². The Morgan fingerprint density at radius 3 is 1.00 bits per heavy atom. The molecule has 56 valence electrons. The topological polar surface area (TPSA) is 80.3 Å². The van der Waals surface area contributed by atoms with Crippen molar-refractivity contribution in [3.05, 3.63) is 0 Å². The molecule has 4 nitrogen and oxygen atoms in total. The Labute approximate surface area is 91.2 Å². The fourth-order valence-corrected chi connectivity index (χ4v) is 0. The van der Waals surface area contributed by atoms with E-state index in [2.05, 4.69) is 0 Å². The summed E-state index contributed by atoms with van der Waals surface area (Å²) in [5, 5.41) is 17.8. The van der Waals surface area contributed by atoms with Gasteiger partial charge in [0, 0.05) is 11.9 Å². The molecule has 0 fully saturated rings. The van der Waals surface area contributed by atoms with Crippen LogP contribution in [-0.2, 0) is 26.1 Å². The van der Waals surface area contributed by atoms with Gasteiger partial charge >= 0.3 is 46.0 Å². The van der Waals surface area contributed by atoms with E-state index in [1.807, 2.05) is 0 Å². The number of carbonyl (C=O) groups excluding carboxylic acids is 2. The number of carboxylic acid groups (broad SMARTS) is 2. The Morgan fingerprint density at radius 1 is 1.00 bits per heavy atom. The largest absolute Gasteiger partial charge is 2.00 e. The van der Waals surface area contributed by atoms with Gasteiger partial charge in [-0.2, -0.15) is 0 Å². The number of hydrogen-bond acceptors (Lipinski definition) is 4. The Hall–Kier alpha value is 0.434. The zero-order valence-electron chi connectivity index (χ0n) is 5.95. The van der Waals surface area contributed by atoms with E-state index in [1.54, 1.807) is 0 Å². The standard InChI is InChI=1S/2C2H4O2.Na.Ni/c2*1-2(3)4;;/h2*1H3,(H,3,4);;/q;;+1;+2/p-2. The first-order valence-corrected chi connectivity index (χ1v) is 1.82. The first kappa shape index (κ1) is 22.4. The first-order valence-electron chi connectivity index (χ1n) is 1.82. The van der Waals surface area contributed by atoms with Crippen molar-refractivity contribution < 1.29 is 65.9 Å². The number of aliphatic carboxylic acids is 2. The SMILES string of the molecule is CC(=O)[O-].CC(=O)[O-].[Na+].[Ni+2].